The van der Waals surface area contributed by atoms with Crippen molar-refractivity contribution >= 4 is 29.1 Å². The van der Waals surface area contributed by atoms with Gasteiger partial charge in [-0.1, -0.05) is 61.0 Å². The first-order valence-electron chi connectivity index (χ1n) is 8.87. The van der Waals surface area contributed by atoms with Crippen molar-refractivity contribution in [3.8, 4) is 0 Å². The van der Waals surface area contributed by atoms with Crippen LogP contribution in [0.2, 0.25) is 0 Å². The van der Waals surface area contributed by atoms with Gasteiger partial charge in [0.05, 0.1) is 10.5 Å². The van der Waals surface area contributed by atoms with Crippen LogP contribution >= 0.6 is 11.8 Å². The number of thioether (sulfide) groups is 1. The Bertz CT molecular complexity index is 871. The Kier molecular flexibility index (Phi) is 5.62. The molecule has 2 aromatic rings. The van der Waals surface area contributed by atoms with Gasteiger partial charge in [-0.15, -0.1) is 11.8 Å². The second-order valence-electron chi connectivity index (χ2n) is 6.56. The Morgan fingerprint density at radius 2 is 1.69 bits per heavy atom. The molecule has 0 aromatic heterocycles. The Morgan fingerprint density at radius 1 is 0.962 bits per heavy atom. The summed E-state index contributed by atoms with van der Waals surface area (Å²) in [6.07, 6.45) is 0.758. The summed E-state index contributed by atoms with van der Waals surface area (Å²) in [5.41, 5.74) is 4.73. The van der Waals surface area contributed by atoms with E-state index in [0.717, 1.165) is 28.7 Å². The van der Waals surface area contributed by atoms with Gasteiger partial charge in [0.1, 0.15) is 0 Å². The molecular weight excluding hydrogens is 342 g/mol. The molecule has 4 heteroatoms. The number of carbonyl (C=O) groups excluding carboxylic acids is 2. The number of hydrogen-bond donors (Lipinski definition) is 0. The molecule has 1 aliphatic heterocycles. The number of hydrogen-bond acceptors (Lipinski definition) is 3. The van der Waals surface area contributed by atoms with Crippen molar-refractivity contribution in [3.05, 3.63) is 75.7 Å². The highest BCUT2D eigenvalue weighted by Crippen LogP contribution is 2.38. The Hall–Kier alpha value is -2.33. The van der Waals surface area contributed by atoms with Gasteiger partial charge in [0.15, 0.2) is 0 Å². The fraction of sp³-hybridized carbons (Fsp3) is 0.273. The zero-order valence-electron chi connectivity index (χ0n) is 15.4. The molecular formula is C22H23NO2S. The molecule has 3 rings (SSSR count). The highest BCUT2D eigenvalue weighted by molar-refractivity contribution is 8.03. The third kappa shape index (κ3) is 3.61. The minimum atomic E-state index is -0.167. The van der Waals surface area contributed by atoms with Crippen LogP contribution in [0, 0.1) is 13.8 Å². The molecule has 134 valence electrons. The van der Waals surface area contributed by atoms with E-state index < -0.39 is 0 Å². The van der Waals surface area contributed by atoms with Crippen LogP contribution in [0.5, 0.6) is 0 Å². The summed E-state index contributed by atoms with van der Waals surface area (Å²) in [7, 11) is 0. The van der Waals surface area contributed by atoms with Crippen molar-refractivity contribution in [2.24, 2.45) is 0 Å². The van der Waals surface area contributed by atoms with Crippen LogP contribution in [-0.2, 0) is 15.3 Å². The largest absolute Gasteiger partial charge is 0.274 e. The lowest BCUT2D eigenvalue weighted by molar-refractivity contribution is -0.136. The van der Waals surface area contributed by atoms with E-state index >= 15 is 0 Å². The first kappa shape index (κ1) is 18.5. The van der Waals surface area contributed by atoms with Gasteiger partial charge in [-0.3, -0.25) is 14.5 Å². The predicted octanol–water partition coefficient (Wildman–Crippen LogP) is 4.73. The number of imide groups is 1. The van der Waals surface area contributed by atoms with E-state index in [0.29, 0.717) is 22.8 Å². The molecule has 0 saturated carbocycles. The van der Waals surface area contributed by atoms with Crippen molar-refractivity contribution in [1.82, 2.24) is 4.90 Å². The Balaban J connectivity index is 2.01. The SMILES string of the molecule is CCCN1C(=O)C(SCc2ccccc2)=C(c2ccc(C)cc2C)C1=O. The summed E-state index contributed by atoms with van der Waals surface area (Å²) in [5.74, 6) is 0.343. The zero-order chi connectivity index (χ0) is 18.7. The van der Waals surface area contributed by atoms with Gasteiger partial charge in [-0.2, -0.15) is 0 Å². The van der Waals surface area contributed by atoms with E-state index in [1.54, 1.807) is 0 Å². The van der Waals surface area contributed by atoms with Crippen LogP contribution in [0.3, 0.4) is 0 Å². The van der Waals surface area contributed by atoms with E-state index in [-0.39, 0.29) is 11.8 Å². The van der Waals surface area contributed by atoms with Crippen molar-refractivity contribution in [2.75, 3.05) is 6.54 Å². The average molecular weight is 365 g/mol. The maximum Gasteiger partial charge on any atom is 0.267 e. The van der Waals surface area contributed by atoms with Crippen molar-refractivity contribution < 1.29 is 9.59 Å². The molecule has 1 heterocycles. The maximum atomic E-state index is 13.0. The molecule has 0 fully saturated rings. The van der Waals surface area contributed by atoms with Gasteiger partial charge in [-0.25, -0.2) is 0 Å². The van der Waals surface area contributed by atoms with Crippen LogP contribution < -0.4 is 0 Å². The van der Waals surface area contributed by atoms with E-state index in [2.05, 4.69) is 6.07 Å². The summed E-state index contributed by atoms with van der Waals surface area (Å²) in [5, 5.41) is 0. The molecule has 0 N–H and O–H groups in total. The van der Waals surface area contributed by atoms with Crippen LogP contribution in [0.1, 0.15) is 35.6 Å². The summed E-state index contributed by atoms with van der Waals surface area (Å²) < 4.78 is 0. The van der Waals surface area contributed by atoms with Crippen LogP contribution in [-0.4, -0.2) is 23.3 Å². The average Bonchev–Trinajstić information content (AvgIpc) is 2.86. The van der Waals surface area contributed by atoms with Crippen molar-refractivity contribution in [2.45, 2.75) is 32.9 Å². The fourth-order valence-corrected chi connectivity index (χ4v) is 4.25. The third-order valence-corrected chi connectivity index (χ3v) is 5.60. The molecule has 0 saturated heterocycles. The van der Waals surface area contributed by atoms with Gasteiger partial charge in [0, 0.05) is 12.3 Å². The molecule has 0 bridgehead atoms. The summed E-state index contributed by atoms with van der Waals surface area (Å²) in [6.45, 7) is 6.46. The molecule has 2 aromatic carbocycles. The molecule has 0 atom stereocenters. The van der Waals surface area contributed by atoms with Gasteiger partial charge >= 0.3 is 0 Å². The molecule has 1 aliphatic rings. The van der Waals surface area contributed by atoms with E-state index in [1.165, 1.54) is 16.7 Å². The van der Waals surface area contributed by atoms with Crippen molar-refractivity contribution in [3.63, 3.8) is 0 Å². The zero-order valence-corrected chi connectivity index (χ0v) is 16.2. The molecule has 0 radical (unpaired) electrons. The van der Waals surface area contributed by atoms with Gasteiger partial charge in [-0.05, 0) is 37.0 Å². The third-order valence-electron chi connectivity index (χ3n) is 4.45. The maximum absolute atomic E-state index is 13.0. The molecule has 0 spiro atoms. The Morgan fingerprint density at radius 3 is 2.35 bits per heavy atom. The summed E-state index contributed by atoms with van der Waals surface area (Å²) in [6, 6.07) is 16.0. The minimum absolute atomic E-state index is 0.159. The highest BCUT2D eigenvalue weighted by Gasteiger charge is 2.39. The summed E-state index contributed by atoms with van der Waals surface area (Å²) in [4.78, 5) is 27.9. The first-order chi connectivity index (χ1) is 12.5. The topological polar surface area (TPSA) is 37.4 Å². The van der Waals surface area contributed by atoms with E-state index in [9.17, 15) is 9.59 Å². The normalized spacial score (nSPS) is 14.5. The fourth-order valence-electron chi connectivity index (χ4n) is 3.18. The Labute approximate surface area is 159 Å². The van der Waals surface area contributed by atoms with Crippen LogP contribution in [0.15, 0.2) is 53.4 Å². The highest BCUT2D eigenvalue weighted by atomic mass is 32.2. The number of rotatable bonds is 6. The first-order valence-corrected chi connectivity index (χ1v) is 9.86. The van der Waals surface area contributed by atoms with E-state index in [4.69, 9.17) is 0 Å². The molecule has 3 nitrogen and oxygen atoms in total. The number of benzene rings is 2. The number of carbonyl (C=O) groups is 2. The number of nitrogens with zero attached hydrogens (tertiary/aromatic N) is 1. The standard InChI is InChI=1S/C22H23NO2S/c1-4-12-23-21(24)19(18-11-10-15(2)13-16(18)3)20(22(23)25)26-14-17-8-6-5-7-9-17/h5-11,13H,4,12,14H2,1-3H3. The number of amides is 2. The summed E-state index contributed by atoms with van der Waals surface area (Å²) >= 11 is 1.46. The lowest BCUT2D eigenvalue weighted by atomic mass is 9.99. The molecule has 2 amide bonds. The van der Waals surface area contributed by atoms with Crippen LogP contribution in [0.25, 0.3) is 5.57 Å². The molecule has 26 heavy (non-hydrogen) atoms. The molecule has 0 unspecified atom stereocenters. The quantitative estimate of drug-likeness (QED) is 0.695. The van der Waals surface area contributed by atoms with Crippen molar-refractivity contribution in [1.29, 1.82) is 0 Å². The van der Waals surface area contributed by atoms with Gasteiger partial charge in [0.25, 0.3) is 11.8 Å². The van der Waals surface area contributed by atoms with Crippen LogP contribution in [0.4, 0.5) is 0 Å². The second-order valence-corrected chi connectivity index (χ2v) is 7.54. The van der Waals surface area contributed by atoms with Gasteiger partial charge < -0.3 is 0 Å². The lowest BCUT2D eigenvalue weighted by Crippen LogP contribution is -2.32. The number of aryl methyl sites for hydroxylation is 2. The van der Waals surface area contributed by atoms with E-state index in [1.807, 2.05) is 63.2 Å². The monoisotopic (exact) mass is 365 g/mol. The predicted molar refractivity (Wildman–Crippen MR) is 108 cm³/mol. The minimum Gasteiger partial charge on any atom is -0.274 e. The van der Waals surface area contributed by atoms with Gasteiger partial charge in [0.2, 0.25) is 0 Å². The smallest absolute Gasteiger partial charge is 0.267 e. The second kappa shape index (κ2) is 7.92. The lowest BCUT2D eigenvalue weighted by Gasteiger charge is -2.14. The molecule has 0 aliphatic carbocycles.